The number of aliphatic carboxylic acids is 2. The molecule has 4 nitrogen and oxygen atoms in total. The fourth-order valence-electron chi connectivity index (χ4n) is 1.80. The van der Waals surface area contributed by atoms with Crippen LogP contribution in [-0.2, 0) is 9.59 Å². The van der Waals surface area contributed by atoms with Crippen molar-refractivity contribution in [2.75, 3.05) is 0 Å². The Balaban J connectivity index is 4.32. The zero-order valence-corrected chi connectivity index (χ0v) is 11.6. The van der Waals surface area contributed by atoms with Gasteiger partial charge in [-0.05, 0) is 24.7 Å². The Morgan fingerprint density at radius 3 is 1.28 bits per heavy atom. The zero-order chi connectivity index (χ0) is 14.3. The number of carboxylic acids is 2. The van der Waals surface area contributed by atoms with E-state index < -0.39 is 23.8 Å². The maximum atomic E-state index is 11.0. The topological polar surface area (TPSA) is 74.6 Å². The van der Waals surface area contributed by atoms with Crippen LogP contribution in [-0.4, -0.2) is 22.2 Å². The van der Waals surface area contributed by atoms with Gasteiger partial charge in [0.05, 0.1) is 11.8 Å². The molecule has 0 radical (unpaired) electrons. The molecule has 0 amide bonds. The summed E-state index contributed by atoms with van der Waals surface area (Å²) in [5, 5.41) is 18.0. The van der Waals surface area contributed by atoms with Gasteiger partial charge in [0, 0.05) is 0 Å². The molecule has 2 atom stereocenters. The molecular formula is C14H24O4. The van der Waals surface area contributed by atoms with E-state index in [1.54, 1.807) is 12.2 Å². The minimum atomic E-state index is -0.798. The minimum Gasteiger partial charge on any atom is -0.481 e. The van der Waals surface area contributed by atoms with Crippen molar-refractivity contribution in [2.24, 2.45) is 23.7 Å². The van der Waals surface area contributed by atoms with Crippen molar-refractivity contribution in [2.45, 2.75) is 40.5 Å². The molecule has 0 heterocycles. The lowest BCUT2D eigenvalue weighted by Crippen LogP contribution is -2.19. The lowest BCUT2D eigenvalue weighted by atomic mass is 9.90. The van der Waals surface area contributed by atoms with Gasteiger partial charge in [0.2, 0.25) is 0 Å². The normalized spacial score (nSPS) is 15.2. The highest BCUT2D eigenvalue weighted by molar-refractivity contribution is 5.71. The van der Waals surface area contributed by atoms with Crippen molar-refractivity contribution in [3.05, 3.63) is 12.2 Å². The zero-order valence-electron chi connectivity index (χ0n) is 11.6. The molecule has 0 aliphatic heterocycles. The van der Waals surface area contributed by atoms with Crippen molar-refractivity contribution in [1.29, 1.82) is 0 Å². The van der Waals surface area contributed by atoms with Crippen LogP contribution in [0.4, 0.5) is 0 Å². The van der Waals surface area contributed by atoms with Crippen LogP contribution in [0.25, 0.3) is 0 Å². The molecule has 0 aromatic rings. The number of carbonyl (C=O) groups is 2. The second kappa shape index (κ2) is 7.90. The van der Waals surface area contributed by atoms with E-state index in [9.17, 15) is 9.59 Å². The molecule has 0 saturated carbocycles. The van der Waals surface area contributed by atoms with Crippen LogP contribution >= 0.6 is 0 Å². The molecule has 4 heteroatoms. The molecule has 0 fully saturated rings. The molecule has 0 aromatic carbocycles. The third-order valence-electron chi connectivity index (χ3n) is 3.19. The molecule has 104 valence electrons. The third-order valence-corrected chi connectivity index (χ3v) is 3.19. The highest BCUT2D eigenvalue weighted by atomic mass is 16.4. The molecule has 1 unspecified atom stereocenters. The highest BCUT2D eigenvalue weighted by Gasteiger charge is 2.21. The van der Waals surface area contributed by atoms with Gasteiger partial charge in [-0.3, -0.25) is 9.59 Å². The van der Waals surface area contributed by atoms with E-state index in [4.69, 9.17) is 10.2 Å². The lowest BCUT2D eigenvalue weighted by molar-refractivity contribution is -0.144. The summed E-state index contributed by atoms with van der Waals surface area (Å²) in [4.78, 5) is 21.9. The fraction of sp³-hybridized carbons (Fsp3) is 0.714. The van der Waals surface area contributed by atoms with Crippen LogP contribution in [0.1, 0.15) is 40.5 Å². The maximum Gasteiger partial charge on any atom is 0.307 e. The van der Waals surface area contributed by atoms with Gasteiger partial charge < -0.3 is 10.2 Å². The summed E-state index contributed by atoms with van der Waals surface area (Å²) < 4.78 is 0. The molecule has 18 heavy (non-hydrogen) atoms. The number of carboxylic acid groups (broad SMARTS) is 2. The van der Waals surface area contributed by atoms with E-state index in [1.807, 2.05) is 27.7 Å². The molecule has 0 aromatic heterocycles. The highest BCUT2D eigenvalue weighted by Crippen LogP contribution is 2.19. The Morgan fingerprint density at radius 2 is 1.11 bits per heavy atom. The van der Waals surface area contributed by atoms with Crippen LogP contribution in [0, 0.1) is 23.7 Å². The van der Waals surface area contributed by atoms with Crippen LogP contribution in [0.5, 0.6) is 0 Å². The SMILES string of the molecule is CC(C)C(C/C=C/C[C@@H](C(=O)O)C(C)C)C(=O)O. The molecule has 0 saturated heterocycles. The van der Waals surface area contributed by atoms with Crippen molar-refractivity contribution in [1.82, 2.24) is 0 Å². The van der Waals surface area contributed by atoms with Gasteiger partial charge in [0.25, 0.3) is 0 Å². The van der Waals surface area contributed by atoms with Gasteiger partial charge in [0.15, 0.2) is 0 Å². The second-order valence-electron chi connectivity index (χ2n) is 5.32. The first-order valence-electron chi connectivity index (χ1n) is 6.38. The Labute approximate surface area is 109 Å². The van der Waals surface area contributed by atoms with Crippen molar-refractivity contribution in [3.8, 4) is 0 Å². The molecule has 0 rings (SSSR count). The van der Waals surface area contributed by atoms with Gasteiger partial charge >= 0.3 is 11.9 Å². The standard InChI is InChI=1S/C14H24O4/c1-9(2)11(13(15)16)7-5-6-8-12(10(3)4)14(17)18/h5-6,9-12H,7-8H2,1-4H3,(H,15,16)(H,17,18)/b6-5+/t11-,12?/m1/s1. The number of allylic oxidation sites excluding steroid dienone is 2. The van der Waals surface area contributed by atoms with E-state index in [0.717, 1.165) is 0 Å². The Bertz CT molecular complexity index is 275. The lowest BCUT2D eigenvalue weighted by Gasteiger charge is -2.15. The van der Waals surface area contributed by atoms with Crippen LogP contribution in [0.15, 0.2) is 12.2 Å². The van der Waals surface area contributed by atoms with Crippen molar-refractivity contribution < 1.29 is 19.8 Å². The van der Waals surface area contributed by atoms with Gasteiger partial charge in [-0.2, -0.15) is 0 Å². The first-order valence-corrected chi connectivity index (χ1v) is 6.38. The fourth-order valence-corrected chi connectivity index (χ4v) is 1.80. The molecular weight excluding hydrogens is 232 g/mol. The van der Waals surface area contributed by atoms with Gasteiger partial charge in [-0.15, -0.1) is 0 Å². The Morgan fingerprint density at radius 1 is 0.833 bits per heavy atom. The molecule has 2 N–H and O–H groups in total. The first kappa shape index (κ1) is 16.7. The average molecular weight is 256 g/mol. The largest absolute Gasteiger partial charge is 0.481 e. The van der Waals surface area contributed by atoms with E-state index in [1.165, 1.54) is 0 Å². The minimum absolute atomic E-state index is 0.0764. The molecule has 0 aliphatic carbocycles. The summed E-state index contributed by atoms with van der Waals surface area (Å²) in [6.45, 7) is 7.50. The maximum absolute atomic E-state index is 11.0. The quantitative estimate of drug-likeness (QED) is 0.654. The second-order valence-corrected chi connectivity index (χ2v) is 5.32. The average Bonchev–Trinajstić information content (AvgIpc) is 2.20. The van der Waals surface area contributed by atoms with E-state index in [2.05, 4.69) is 0 Å². The third kappa shape index (κ3) is 5.84. The van der Waals surface area contributed by atoms with Crippen LogP contribution in [0.3, 0.4) is 0 Å². The van der Waals surface area contributed by atoms with Crippen molar-refractivity contribution >= 4 is 11.9 Å². The van der Waals surface area contributed by atoms with Gasteiger partial charge in [-0.1, -0.05) is 39.8 Å². The predicted molar refractivity (Wildman–Crippen MR) is 70.3 cm³/mol. The summed E-state index contributed by atoms with van der Waals surface area (Å²) in [7, 11) is 0. The van der Waals surface area contributed by atoms with E-state index >= 15 is 0 Å². The summed E-state index contributed by atoms with van der Waals surface area (Å²) in [6.07, 6.45) is 4.49. The van der Waals surface area contributed by atoms with E-state index in [-0.39, 0.29) is 11.8 Å². The van der Waals surface area contributed by atoms with Crippen LogP contribution < -0.4 is 0 Å². The summed E-state index contributed by atoms with van der Waals surface area (Å²) in [5.74, 6) is -2.24. The molecule has 0 spiro atoms. The smallest absolute Gasteiger partial charge is 0.307 e. The summed E-state index contributed by atoms with van der Waals surface area (Å²) in [6, 6.07) is 0. The van der Waals surface area contributed by atoms with E-state index in [0.29, 0.717) is 12.8 Å². The predicted octanol–water partition coefficient (Wildman–Crippen LogP) is 3.04. The number of hydrogen-bond acceptors (Lipinski definition) is 2. The number of hydrogen-bond donors (Lipinski definition) is 2. The van der Waals surface area contributed by atoms with Gasteiger partial charge in [-0.25, -0.2) is 0 Å². The van der Waals surface area contributed by atoms with Crippen molar-refractivity contribution in [3.63, 3.8) is 0 Å². The first-order chi connectivity index (χ1) is 8.27. The Kier molecular flexibility index (Phi) is 7.32. The molecule has 0 bridgehead atoms. The molecule has 0 aliphatic rings. The summed E-state index contributed by atoms with van der Waals surface area (Å²) >= 11 is 0. The Hall–Kier alpha value is -1.32. The number of rotatable bonds is 8. The van der Waals surface area contributed by atoms with Gasteiger partial charge in [0.1, 0.15) is 0 Å². The monoisotopic (exact) mass is 256 g/mol. The summed E-state index contributed by atoms with van der Waals surface area (Å²) in [5.41, 5.74) is 0. The van der Waals surface area contributed by atoms with Crippen LogP contribution in [0.2, 0.25) is 0 Å².